The Kier molecular flexibility index (Phi) is 5.18. The molecule has 0 bridgehead atoms. The van der Waals surface area contributed by atoms with Crippen LogP contribution >= 0.6 is 12.6 Å². The monoisotopic (exact) mass is 195 g/mol. The van der Waals surface area contributed by atoms with Crippen LogP contribution in [0.3, 0.4) is 0 Å². The number of carboxylic acids is 1. The molecule has 0 unspecified atom stereocenters. The number of aromatic amines is 1. The average molecular weight is 195 g/mol. The van der Waals surface area contributed by atoms with Crippen molar-refractivity contribution in [3.63, 3.8) is 0 Å². The fraction of sp³-hybridized carbons (Fsp3) is 0.333. The summed E-state index contributed by atoms with van der Waals surface area (Å²) in [6.07, 6.45) is 1.76. The molecule has 0 aliphatic carbocycles. The summed E-state index contributed by atoms with van der Waals surface area (Å²) in [6, 6.07) is -0.891. The van der Waals surface area contributed by atoms with Crippen LogP contribution in [0.4, 0.5) is 0 Å². The summed E-state index contributed by atoms with van der Waals surface area (Å²) in [6.45, 7) is 0. The topological polar surface area (TPSA) is 92.0 Å². The van der Waals surface area contributed by atoms with Crippen LogP contribution in [0.15, 0.2) is 11.4 Å². The number of imidazole rings is 1. The fourth-order valence-electron chi connectivity index (χ4n) is 0.775. The first-order valence-corrected chi connectivity index (χ1v) is 3.75. The minimum atomic E-state index is -1.02. The van der Waals surface area contributed by atoms with Gasteiger partial charge >= 0.3 is 24.8 Å². The summed E-state index contributed by atoms with van der Waals surface area (Å²) in [7, 11) is 0. The molecule has 0 amide bonds. The van der Waals surface area contributed by atoms with Crippen molar-refractivity contribution in [1.82, 2.24) is 9.97 Å². The van der Waals surface area contributed by atoms with Crippen molar-refractivity contribution in [2.75, 3.05) is 0 Å². The molecule has 0 spiro atoms. The number of nitrogens with one attached hydrogen (secondary N) is 1. The van der Waals surface area contributed by atoms with E-state index in [-0.39, 0.29) is 25.3 Å². The van der Waals surface area contributed by atoms with Crippen LogP contribution in [0, 0.1) is 0 Å². The molecular weight excluding hydrogens is 185 g/mol. The number of aromatic nitrogens is 2. The summed E-state index contributed by atoms with van der Waals surface area (Å²) in [5.74, 6) is -1.02. The van der Waals surface area contributed by atoms with E-state index in [1.807, 2.05) is 0 Å². The molecule has 68 valence electrons. The summed E-state index contributed by atoms with van der Waals surface area (Å²) in [5.41, 5.74) is 5.96. The van der Waals surface area contributed by atoms with Crippen LogP contribution in [0.25, 0.3) is 0 Å². The quantitative estimate of drug-likeness (QED) is 0.368. The van der Waals surface area contributed by atoms with Gasteiger partial charge in [0.15, 0.2) is 5.16 Å². The van der Waals surface area contributed by atoms with Gasteiger partial charge < -0.3 is 15.8 Å². The summed E-state index contributed by atoms with van der Waals surface area (Å²) in [4.78, 5) is 16.9. The Bertz CT molecular complexity index is 291. The molecule has 0 radical (unpaired) electrons. The van der Waals surface area contributed by atoms with Crippen LogP contribution in [0.5, 0.6) is 0 Å². The van der Waals surface area contributed by atoms with Crippen molar-refractivity contribution in [3.8, 4) is 0 Å². The number of H-pyrrole nitrogens is 1. The average Bonchev–Trinajstić information content (AvgIpc) is 2.35. The van der Waals surface area contributed by atoms with Crippen LogP contribution in [0.1, 0.15) is 5.69 Å². The zero-order valence-corrected chi connectivity index (χ0v) is 7.08. The molecule has 0 saturated heterocycles. The molecule has 0 aliphatic rings. The van der Waals surface area contributed by atoms with Crippen molar-refractivity contribution in [2.45, 2.75) is 17.6 Å². The van der Waals surface area contributed by atoms with Gasteiger partial charge in [-0.2, -0.15) is 0 Å². The van der Waals surface area contributed by atoms with E-state index in [9.17, 15) is 4.79 Å². The Hall–Kier alpha value is -0.413. The maximum absolute atomic E-state index is 10.3. The van der Waals surface area contributed by atoms with Crippen molar-refractivity contribution in [2.24, 2.45) is 5.73 Å². The molecule has 1 rings (SSSR count). The van der Waals surface area contributed by atoms with Crippen LogP contribution in [0.2, 0.25) is 0 Å². The molecule has 1 aromatic rings. The van der Waals surface area contributed by atoms with Gasteiger partial charge in [-0.3, -0.25) is 4.79 Å². The summed E-state index contributed by atoms with van der Waals surface area (Å²) in [5, 5.41) is 8.93. The Balaban J connectivity index is 0.00000144. The molecule has 0 fully saturated rings. The number of carboxylic acid groups (broad SMARTS) is 1. The number of hydrogen-bond acceptors (Lipinski definition) is 4. The van der Waals surface area contributed by atoms with E-state index >= 15 is 0 Å². The van der Waals surface area contributed by atoms with Gasteiger partial charge in [0.2, 0.25) is 0 Å². The minimum absolute atomic E-state index is 0. The number of nitrogens with zero attached hydrogens (tertiary/aromatic N) is 1. The SMILES string of the molecule is N[C@@H](Cc1cnc(S)[nH]1)C(=O)O.[LiH]. The molecule has 0 aliphatic heterocycles. The van der Waals surface area contributed by atoms with Gasteiger partial charge in [0, 0.05) is 18.3 Å². The van der Waals surface area contributed by atoms with Gasteiger partial charge in [0.25, 0.3) is 0 Å². The van der Waals surface area contributed by atoms with Crippen LogP contribution in [-0.4, -0.2) is 45.9 Å². The third-order valence-electron chi connectivity index (χ3n) is 1.37. The van der Waals surface area contributed by atoms with Crippen molar-refractivity contribution >= 4 is 37.5 Å². The van der Waals surface area contributed by atoms with Crippen molar-refractivity contribution in [3.05, 3.63) is 11.9 Å². The standard InChI is InChI=1S/C6H9N3O2S.Li.H/c7-4(5(10)11)1-3-2-8-6(12)9-3;;/h2,4H,1,7H2,(H,10,11)(H2,8,9,12);;/t4-;;/m0../s1. The predicted octanol–water partition coefficient (Wildman–Crippen LogP) is -0.996. The Labute approximate surface area is 92.7 Å². The molecule has 7 heteroatoms. The third kappa shape index (κ3) is 3.87. The number of rotatable bonds is 3. The fourth-order valence-corrected chi connectivity index (χ4v) is 0.977. The maximum atomic E-state index is 10.3. The number of hydrogen-bond donors (Lipinski definition) is 4. The van der Waals surface area contributed by atoms with Crippen molar-refractivity contribution < 1.29 is 9.90 Å². The normalized spacial score (nSPS) is 11.8. The van der Waals surface area contributed by atoms with E-state index in [0.29, 0.717) is 10.9 Å². The molecule has 1 heterocycles. The van der Waals surface area contributed by atoms with Crippen molar-refractivity contribution in [1.29, 1.82) is 0 Å². The predicted molar refractivity (Wildman–Crippen MR) is 52.3 cm³/mol. The molecule has 5 nitrogen and oxygen atoms in total. The van der Waals surface area contributed by atoms with Crippen LogP contribution < -0.4 is 5.73 Å². The molecule has 1 atom stereocenters. The Morgan fingerprint density at radius 3 is 2.85 bits per heavy atom. The molecule has 13 heavy (non-hydrogen) atoms. The Morgan fingerprint density at radius 1 is 1.85 bits per heavy atom. The first kappa shape index (κ1) is 12.6. The van der Waals surface area contributed by atoms with Crippen LogP contribution in [-0.2, 0) is 11.2 Å². The molecular formula is C6H10LiN3O2S. The van der Waals surface area contributed by atoms with Gasteiger partial charge in [0.05, 0.1) is 0 Å². The van der Waals surface area contributed by atoms with Gasteiger partial charge in [0.1, 0.15) is 6.04 Å². The number of aliphatic carboxylic acids is 1. The molecule has 0 saturated carbocycles. The number of nitrogens with two attached hydrogens (primary N) is 1. The van der Waals surface area contributed by atoms with E-state index in [0.717, 1.165) is 0 Å². The Morgan fingerprint density at radius 2 is 2.46 bits per heavy atom. The van der Waals surface area contributed by atoms with Gasteiger partial charge in [-0.25, -0.2) is 4.98 Å². The third-order valence-corrected chi connectivity index (χ3v) is 1.60. The van der Waals surface area contributed by atoms with Gasteiger partial charge in [-0.1, -0.05) is 0 Å². The van der Waals surface area contributed by atoms with Gasteiger partial charge in [-0.15, -0.1) is 12.6 Å². The summed E-state index contributed by atoms with van der Waals surface area (Å²) >= 11 is 3.92. The second-order valence-corrected chi connectivity index (χ2v) is 2.80. The zero-order valence-electron chi connectivity index (χ0n) is 6.19. The number of thiol groups is 1. The van der Waals surface area contributed by atoms with E-state index in [4.69, 9.17) is 10.8 Å². The second kappa shape index (κ2) is 5.35. The molecule has 0 aromatic carbocycles. The van der Waals surface area contributed by atoms with E-state index in [1.165, 1.54) is 6.20 Å². The first-order chi connectivity index (χ1) is 5.59. The summed E-state index contributed by atoms with van der Waals surface area (Å²) < 4.78 is 0. The number of carbonyl (C=O) groups is 1. The molecule has 1 aromatic heterocycles. The van der Waals surface area contributed by atoms with E-state index in [2.05, 4.69) is 22.6 Å². The molecule has 4 N–H and O–H groups in total. The van der Waals surface area contributed by atoms with Gasteiger partial charge in [-0.05, 0) is 0 Å². The van der Waals surface area contributed by atoms with E-state index in [1.54, 1.807) is 0 Å². The second-order valence-electron chi connectivity index (χ2n) is 2.38. The zero-order chi connectivity index (χ0) is 9.14. The first-order valence-electron chi connectivity index (χ1n) is 3.31. The van der Waals surface area contributed by atoms with E-state index < -0.39 is 12.0 Å².